The first kappa shape index (κ1) is 16.0. The van der Waals surface area contributed by atoms with E-state index in [1.807, 2.05) is 18.2 Å². The fraction of sp³-hybridized carbons (Fsp3) is 0.278. The smallest absolute Gasteiger partial charge is 0.251 e. The molecule has 0 bridgehead atoms. The van der Waals surface area contributed by atoms with Gasteiger partial charge in [0.15, 0.2) is 0 Å². The van der Waals surface area contributed by atoms with Crippen molar-refractivity contribution in [3.8, 4) is 0 Å². The van der Waals surface area contributed by atoms with Crippen molar-refractivity contribution in [2.75, 3.05) is 12.9 Å². The van der Waals surface area contributed by atoms with Gasteiger partial charge in [0, 0.05) is 23.3 Å². The first-order valence-electron chi connectivity index (χ1n) is 7.49. The molecule has 23 heavy (non-hydrogen) atoms. The summed E-state index contributed by atoms with van der Waals surface area (Å²) in [5.74, 6) is 0.447. The predicted octanol–water partition coefficient (Wildman–Crippen LogP) is 3.94. The Hall–Kier alpha value is -1.85. The van der Waals surface area contributed by atoms with Crippen LogP contribution >= 0.6 is 11.8 Å². The molecule has 1 N–H and O–H groups in total. The molecule has 1 amide bonds. The number of halogens is 1. The summed E-state index contributed by atoms with van der Waals surface area (Å²) < 4.78 is 18.9. The molecule has 0 radical (unpaired) electrons. The molecule has 1 aliphatic rings. The Morgan fingerprint density at radius 2 is 2.09 bits per heavy atom. The van der Waals surface area contributed by atoms with Crippen LogP contribution in [0.4, 0.5) is 4.39 Å². The summed E-state index contributed by atoms with van der Waals surface area (Å²) in [5.41, 5.74) is 2.48. The van der Waals surface area contributed by atoms with E-state index in [0.717, 1.165) is 23.3 Å². The largest absolute Gasteiger partial charge is 0.380 e. The van der Waals surface area contributed by atoms with Crippen LogP contribution in [-0.2, 0) is 11.3 Å². The van der Waals surface area contributed by atoms with Gasteiger partial charge in [-0.15, -0.1) is 11.8 Å². The molecule has 3 nitrogen and oxygen atoms in total. The zero-order chi connectivity index (χ0) is 16.2. The third kappa shape index (κ3) is 3.57. The van der Waals surface area contributed by atoms with Crippen LogP contribution in [0.2, 0.25) is 0 Å². The van der Waals surface area contributed by atoms with Crippen LogP contribution in [0.15, 0.2) is 47.4 Å². The number of hydrogen-bond donors (Lipinski definition) is 1. The average Bonchev–Trinajstić information content (AvgIpc) is 2.57. The number of nitrogens with one attached hydrogen (secondary N) is 1. The molecular weight excluding hydrogens is 313 g/mol. The van der Waals surface area contributed by atoms with Gasteiger partial charge < -0.3 is 10.1 Å². The Balaban J connectivity index is 1.75. The molecule has 3 rings (SSSR count). The summed E-state index contributed by atoms with van der Waals surface area (Å²) >= 11 is 1.51. The number of amides is 1. The number of thioether (sulfide) groups is 1. The summed E-state index contributed by atoms with van der Waals surface area (Å²) in [7, 11) is 1.64. The van der Waals surface area contributed by atoms with E-state index in [9.17, 15) is 9.18 Å². The van der Waals surface area contributed by atoms with Crippen molar-refractivity contribution < 1.29 is 13.9 Å². The minimum atomic E-state index is -0.213. The van der Waals surface area contributed by atoms with Crippen LogP contribution in [0, 0.1) is 5.82 Å². The van der Waals surface area contributed by atoms with Crippen molar-refractivity contribution in [1.29, 1.82) is 0 Å². The van der Waals surface area contributed by atoms with Crippen LogP contribution in [0.1, 0.15) is 33.9 Å². The number of rotatable bonds is 4. The molecule has 0 aromatic heterocycles. The van der Waals surface area contributed by atoms with Gasteiger partial charge in [0.05, 0.1) is 12.6 Å². The van der Waals surface area contributed by atoms with Crippen molar-refractivity contribution in [2.24, 2.45) is 0 Å². The van der Waals surface area contributed by atoms with Gasteiger partial charge in [-0.1, -0.05) is 24.3 Å². The van der Waals surface area contributed by atoms with E-state index >= 15 is 0 Å². The Labute approximate surface area is 139 Å². The first-order chi connectivity index (χ1) is 11.2. The van der Waals surface area contributed by atoms with Gasteiger partial charge in [-0.2, -0.15) is 0 Å². The summed E-state index contributed by atoms with van der Waals surface area (Å²) in [4.78, 5) is 13.1. The summed E-state index contributed by atoms with van der Waals surface area (Å²) in [6, 6.07) is 12.2. The third-order valence-corrected chi connectivity index (χ3v) is 5.02. The zero-order valence-corrected chi connectivity index (χ0v) is 13.7. The van der Waals surface area contributed by atoms with E-state index in [2.05, 4.69) is 5.32 Å². The van der Waals surface area contributed by atoms with E-state index in [1.54, 1.807) is 25.3 Å². The van der Waals surface area contributed by atoms with Crippen LogP contribution < -0.4 is 5.32 Å². The summed E-state index contributed by atoms with van der Waals surface area (Å²) in [6.45, 7) is 0.522. The molecular formula is C18H18FNO2S. The van der Waals surface area contributed by atoms with Gasteiger partial charge in [-0.25, -0.2) is 4.39 Å². The Morgan fingerprint density at radius 3 is 2.83 bits per heavy atom. The molecule has 0 spiro atoms. The minimum Gasteiger partial charge on any atom is -0.380 e. The second-order valence-electron chi connectivity index (χ2n) is 5.45. The number of carbonyl (C=O) groups excluding carboxylic acids is 1. The van der Waals surface area contributed by atoms with Gasteiger partial charge in [0.1, 0.15) is 5.82 Å². The van der Waals surface area contributed by atoms with Gasteiger partial charge in [-0.05, 0) is 35.7 Å². The van der Waals surface area contributed by atoms with E-state index in [4.69, 9.17) is 4.74 Å². The third-order valence-electron chi connectivity index (χ3n) is 3.86. The van der Waals surface area contributed by atoms with E-state index in [-0.39, 0.29) is 17.8 Å². The van der Waals surface area contributed by atoms with Crippen molar-refractivity contribution >= 4 is 17.7 Å². The van der Waals surface area contributed by atoms with Crippen molar-refractivity contribution in [2.45, 2.75) is 24.0 Å². The van der Waals surface area contributed by atoms with Crippen molar-refractivity contribution in [3.05, 3.63) is 65.0 Å². The van der Waals surface area contributed by atoms with Crippen LogP contribution in [0.3, 0.4) is 0 Å². The molecule has 1 aliphatic heterocycles. The molecule has 0 aliphatic carbocycles. The lowest BCUT2D eigenvalue weighted by Gasteiger charge is -2.26. The SMILES string of the molecule is COCc1ccc(C(=O)N[C@@H]2CCSc3c(F)cccc32)cc1. The highest BCUT2D eigenvalue weighted by atomic mass is 32.2. The number of hydrogen-bond acceptors (Lipinski definition) is 3. The van der Waals surface area contributed by atoms with Crippen LogP contribution in [0.25, 0.3) is 0 Å². The molecule has 2 aromatic carbocycles. The number of benzene rings is 2. The lowest BCUT2D eigenvalue weighted by atomic mass is 10.0. The van der Waals surface area contributed by atoms with E-state index in [1.165, 1.54) is 17.8 Å². The molecule has 1 heterocycles. The molecule has 1 atom stereocenters. The molecule has 0 saturated carbocycles. The molecule has 0 saturated heterocycles. The monoisotopic (exact) mass is 331 g/mol. The number of ether oxygens (including phenoxy) is 1. The Bertz CT molecular complexity index is 703. The van der Waals surface area contributed by atoms with Crippen LogP contribution in [-0.4, -0.2) is 18.8 Å². The van der Waals surface area contributed by atoms with E-state index < -0.39 is 0 Å². The lowest BCUT2D eigenvalue weighted by Crippen LogP contribution is -2.30. The molecule has 5 heteroatoms. The molecule has 0 unspecified atom stereocenters. The lowest BCUT2D eigenvalue weighted by molar-refractivity contribution is 0.0934. The molecule has 120 valence electrons. The van der Waals surface area contributed by atoms with Crippen molar-refractivity contribution in [3.63, 3.8) is 0 Å². The fourth-order valence-electron chi connectivity index (χ4n) is 2.70. The maximum absolute atomic E-state index is 13.9. The van der Waals surface area contributed by atoms with Gasteiger partial charge >= 0.3 is 0 Å². The van der Waals surface area contributed by atoms with Gasteiger partial charge in [0.25, 0.3) is 5.91 Å². The molecule has 2 aromatic rings. The second-order valence-corrected chi connectivity index (χ2v) is 6.56. The maximum atomic E-state index is 13.9. The highest BCUT2D eigenvalue weighted by Crippen LogP contribution is 2.37. The first-order valence-corrected chi connectivity index (χ1v) is 8.47. The highest BCUT2D eigenvalue weighted by molar-refractivity contribution is 7.99. The predicted molar refractivity (Wildman–Crippen MR) is 89.1 cm³/mol. The number of carbonyl (C=O) groups is 1. The van der Waals surface area contributed by atoms with Crippen LogP contribution in [0.5, 0.6) is 0 Å². The highest BCUT2D eigenvalue weighted by Gasteiger charge is 2.24. The Morgan fingerprint density at radius 1 is 1.30 bits per heavy atom. The zero-order valence-electron chi connectivity index (χ0n) is 12.8. The standard InChI is InChI=1S/C18H18FNO2S/c1-22-11-12-5-7-13(8-6-12)18(21)20-16-9-10-23-17-14(16)3-2-4-15(17)19/h2-8,16H,9-11H2,1H3,(H,20,21)/t16-/m1/s1. The average molecular weight is 331 g/mol. The Kier molecular flexibility index (Phi) is 4.98. The number of fused-ring (bicyclic) bond motifs is 1. The summed E-state index contributed by atoms with van der Waals surface area (Å²) in [5, 5.41) is 3.02. The maximum Gasteiger partial charge on any atom is 0.251 e. The van der Waals surface area contributed by atoms with Gasteiger partial charge in [-0.3, -0.25) is 4.79 Å². The minimum absolute atomic E-state index is 0.138. The van der Waals surface area contributed by atoms with E-state index in [0.29, 0.717) is 17.1 Å². The van der Waals surface area contributed by atoms with Crippen molar-refractivity contribution in [1.82, 2.24) is 5.32 Å². The second kappa shape index (κ2) is 7.15. The quantitative estimate of drug-likeness (QED) is 0.922. The van der Waals surface area contributed by atoms with Gasteiger partial charge in [0.2, 0.25) is 0 Å². The topological polar surface area (TPSA) is 38.3 Å². The number of methoxy groups -OCH3 is 1. The summed E-state index contributed by atoms with van der Waals surface area (Å²) in [6.07, 6.45) is 0.800. The fourth-order valence-corrected chi connectivity index (χ4v) is 3.84. The molecule has 0 fully saturated rings. The normalized spacial score (nSPS) is 16.7.